The van der Waals surface area contributed by atoms with Gasteiger partial charge in [-0.25, -0.2) is 8.42 Å². The van der Waals surface area contributed by atoms with Gasteiger partial charge in [-0.05, 0) is 19.3 Å². The molecule has 2 fully saturated rings. The molecular formula is C12H20N2O5S. The van der Waals surface area contributed by atoms with E-state index in [2.05, 4.69) is 10.6 Å². The molecule has 114 valence electrons. The third kappa shape index (κ3) is 4.17. The lowest BCUT2D eigenvalue weighted by Crippen LogP contribution is -2.48. The molecule has 3 unspecified atom stereocenters. The molecular weight excluding hydrogens is 284 g/mol. The Morgan fingerprint density at radius 2 is 2.05 bits per heavy atom. The van der Waals surface area contributed by atoms with Crippen molar-refractivity contribution in [1.29, 1.82) is 0 Å². The van der Waals surface area contributed by atoms with E-state index in [-0.39, 0.29) is 41.8 Å². The molecule has 0 radical (unpaired) electrons. The maximum Gasteiger partial charge on any atom is 0.306 e. The molecule has 0 aromatic rings. The lowest BCUT2D eigenvalue weighted by Gasteiger charge is -2.23. The van der Waals surface area contributed by atoms with Gasteiger partial charge in [0, 0.05) is 25.0 Å². The first kappa shape index (κ1) is 15.2. The normalized spacial score (nSPS) is 32.7. The smallest absolute Gasteiger partial charge is 0.306 e. The summed E-state index contributed by atoms with van der Waals surface area (Å²) in [5.74, 6) is -1.30. The number of sulfone groups is 1. The van der Waals surface area contributed by atoms with Crippen molar-refractivity contribution in [2.75, 3.05) is 18.1 Å². The Hall–Kier alpha value is -1.15. The minimum absolute atomic E-state index is 0.0111. The van der Waals surface area contributed by atoms with Gasteiger partial charge in [0.05, 0.1) is 17.4 Å². The molecule has 3 atom stereocenters. The molecule has 2 aliphatic rings. The Kier molecular flexibility index (Phi) is 4.64. The maximum atomic E-state index is 11.9. The van der Waals surface area contributed by atoms with Crippen molar-refractivity contribution in [2.45, 2.75) is 37.8 Å². The van der Waals surface area contributed by atoms with E-state index < -0.39 is 15.8 Å². The molecule has 1 saturated carbocycles. The van der Waals surface area contributed by atoms with Gasteiger partial charge in [0.2, 0.25) is 5.91 Å². The van der Waals surface area contributed by atoms with Gasteiger partial charge in [0.15, 0.2) is 9.84 Å². The van der Waals surface area contributed by atoms with E-state index in [1.807, 2.05) is 0 Å². The average Bonchev–Trinajstić information content (AvgIpc) is 2.75. The zero-order chi connectivity index (χ0) is 14.8. The van der Waals surface area contributed by atoms with Crippen LogP contribution in [-0.2, 0) is 19.4 Å². The van der Waals surface area contributed by atoms with Crippen LogP contribution in [0.1, 0.15) is 25.7 Å². The van der Waals surface area contributed by atoms with Gasteiger partial charge in [-0.1, -0.05) is 0 Å². The third-order valence-corrected chi connectivity index (χ3v) is 5.62. The first-order valence-electron chi connectivity index (χ1n) is 6.82. The highest BCUT2D eigenvalue weighted by Crippen LogP contribution is 2.25. The standard InChI is InChI=1S/C12H20N2O5S/c15-11(6-10-7-20(18,19)4-3-13-10)14-9-2-1-8(5-9)12(16)17/h8-10,13H,1-7H2,(H,14,15)(H,16,17). The van der Waals surface area contributed by atoms with Crippen LogP contribution in [0, 0.1) is 5.92 Å². The molecule has 1 aliphatic heterocycles. The number of carboxylic acids is 1. The molecule has 20 heavy (non-hydrogen) atoms. The number of rotatable bonds is 4. The first-order valence-corrected chi connectivity index (χ1v) is 8.64. The van der Waals surface area contributed by atoms with Gasteiger partial charge in [0.25, 0.3) is 0 Å². The van der Waals surface area contributed by atoms with Gasteiger partial charge in [-0.2, -0.15) is 0 Å². The van der Waals surface area contributed by atoms with Gasteiger partial charge in [-0.3, -0.25) is 9.59 Å². The Morgan fingerprint density at radius 3 is 2.65 bits per heavy atom. The second kappa shape index (κ2) is 6.09. The number of carboxylic acid groups (broad SMARTS) is 1. The number of hydrogen-bond donors (Lipinski definition) is 3. The summed E-state index contributed by atoms with van der Waals surface area (Å²) in [5, 5.41) is 14.7. The summed E-state index contributed by atoms with van der Waals surface area (Å²) in [6, 6.07) is -0.450. The van der Waals surface area contributed by atoms with Crippen LogP contribution in [-0.4, -0.2) is 55.5 Å². The predicted octanol–water partition coefficient (Wildman–Crippen LogP) is -0.867. The fourth-order valence-corrected chi connectivity index (χ4v) is 4.29. The summed E-state index contributed by atoms with van der Waals surface area (Å²) >= 11 is 0. The van der Waals surface area contributed by atoms with Crippen molar-refractivity contribution in [1.82, 2.24) is 10.6 Å². The molecule has 0 bridgehead atoms. The first-order chi connectivity index (χ1) is 9.35. The van der Waals surface area contributed by atoms with Crippen molar-refractivity contribution < 1.29 is 23.1 Å². The molecule has 3 N–H and O–H groups in total. The lowest BCUT2D eigenvalue weighted by molar-refractivity contribution is -0.141. The number of aliphatic carboxylic acids is 1. The summed E-state index contributed by atoms with van der Waals surface area (Å²) in [5.41, 5.74) is 0. The van der Waals surface area contributed by atoms with Crippen LogP contribution in [0.15, 0.2) is 0 Å². The molecule has 2 rings (SSSR count). The number of amides is 1. The molecule has 0 aromatic carbocycles. The van der Waals surface area contributed by atoms with Crippen molar-refractivity contribution in [3.8, 4) is 0 Å². The predicted molar refractivity (Wildman–Crippen MR) is 72.0 cm³/mol. The van der Waals surface area contributed by atoms with Crippen LogP contribution >= 0.6 is 0 Å². The maximum absolute atomic E-state index is 11.9. The van der Waals surface area contributed by atoms with E-state index in [1.54, 1.807) is 0 Å². The fourth-order valence-electron chi connectivity index (χ4n) is 2.85. The second-order valence-corrected chi connectivity index (χ2v) is 7.81. The van der Waals surface area contributed by atoms with Crippen LogP contribution in [0.4, 0.5) is 0 Å². The Balaban J connectivity index is 1.77. The zero-order valence-electron chi connectivity index (χ0n) is 11.2. The molecule has 1 saturated heterocycles. The molecule has 7 nitrogen and oxygen atoms in total. The summed E-state index contributed by atoms with van der Waals surface area (Å²) in [6.07, 6.45) is 1.82. The molecule has 1 amide bonds. The zero-order valence-corrected chi connectivity index (χ0v) is 12.0. The minimum Gasteiger partial charge on any atom is -0.481 e. The van der Waals surface area contributed by atoms with Gasteiger partial charge in [-0.15, -0.1) is 0 Å². The Bertz CT molecular complexity index is 490. The monoisotopic (exact) mass is 304 g/mol. The summed E-state index contributed by atoms with van der Waals surface area (Å²) in [7, 11) is -3.05. The van der Waals surface area contributed by atoms with E-state index in [9.17, 15) is 18.0 Å². The van der Waals surface area contributed by atoms with E-state index in [0.29, 0.717) is 25.8 Å². The molecule has 0 aromatic heterocycles. The number of carbonyl (C=O) groups excluding carboxylic acids is 1. The largest absolute Gasteiger partial charge is 0.481 e. The topological polar surface area (TPSA) is 113 Å². The van der Waals surface area contributed by atoms with Crippen molar-refractivity contribution in [3.05, 3.63) is 0 Å². The van der Waals surface area contributed by atoms with Crippen molar-refractivity contribution in [2.24, 2.45) is 5.92 Å². The molecule has 0 spiro atoms. The van der Waals surface area contributed by atoms with Gasteiger partial charge >= 0.3 is 5.97 Å². The SMILES string of the molecule is O=C(CC1CS(=O)(=O)CCN1)NC1CCC(C(=O)O)C1. The summed E-state index contributed by atoms with van der Waals surface area (Å²) < 4.78 is 22.9. The molecule has 8 heteroatoms. The van der Waals surface area contributed by atoms with E-state index >= 15 is 0 Å². The van der Waals surface area contributed by atoms with Crippen LogP contribution in [0.3, 0.4) is 0 Å². The highest BCUT2D eigenvalue weighted by Gasteiger charge is 2.31. The Labute approximate surface area is 118 Å². The number of hydrogen-bond acceptors (Lipinski definition) is 5. The lowest BCUT2D eigenvalue weighted by atomic mass is 10.1. The minimum atomic E-state index is -3.05. The highest BCUT2D eigenvalue weighted by atomic mass is 32.2. The van der Waals surface area contributed by atoms with Crippen LogP contribution in [0.2, 0.25) is 0 Å². The van der Waals surface area contributed by atoms with E-state index in [1.165, 1.54) is 0 Å². The highest BCUT2D eigenvalue weighted by molar-refractivity contribution is 7.91. The third-order valence-electron chi connectivity index (χ3n) is 3.88. The summed E-state index contributed by atoms with van der Waals surface area (Å²) in [4.78, 5) is 22.7. The van der Waals surface area contributed by atoms with Gasteiger partial charge < -0.3 is 15.7 Å². The van der Waals surface area contributed by atoms with Gasteiger partial charge in [0.1, 0.15) is 0 Å². The van der Waals surface area contributed by atoms with Crippen LogP contribution in [0.25, 0.3) is 0 Å². The van der Waals surface area contributed by atoms with Crippen LogP contribution < -0.4 is 10.6 Å². The quantitative estimate of drug-likeness (QED) is 0.622. The van der Waals surface area contributed by atoms with E-state index in [4.69, 9.17) is 5.11 Å². The second-order valence-electron chi connectivity index (χ2n) is 5.58. The summed E-state index contributed by atoms with van der Waals surface area (Å²) in [6.45, 7) is 0.380. The fraction of sp³-hybridized carbons (Fsp3) is 0.833. The number of nitrogens with one attached hydrogen (secondary N) is 2. The van der Waals surface area contributed by atoms with Crippen molar-refractivity contribution >= 4 is 21.7 Å². The van der Waals surface area contributed by atoms with Crippen molar-refractivity contribution in [3.63, 3.8) is 0 Å². The molecule has 1 heterocycles. The molecule has 1 aliphatic carbocycles. The van der Waals surface area contributed by atoms with Crippen LogP contribution in [0.5, 0.6) is 0 Å². The van der Waals surface area contributed by atoms with E-state index in [0.717, 1.165) is 0 Å². The Morgan fingerprint density at radius 1 is 1.30 bits per heavy atom. The average molecular weight is 304 g/mol. The number of carbonyl (C=O) groups is 2.